The highest BCUT2D eigenvalue weighted by Crippen LogP contribution is 2.40. The molecule has 1 fully saturated rings. The topological polar surface area (TPSA) is 106 Å². The van der Waals surface area contributed by atoms with Gasteiger partial charge >= 0.3 is 17.9 Å². The van der Waals surface area contributed by atoms with Crippen LogP contribution in [0.15, 0.2) is 71.7 Å². The summed E-state index contributed by atoms with van der Waals surface area (Å²) in [6.45, 7) is 1.48. The molecule has 0 aliphatic carbocycles. The van der Waals surface area contributed by atoms with Gasteiger partial charge < -0.3 is 18.9 Å². The molecule has 2 aliphatic rings. The first kappa shape index (κ1) is 20.9. The second kappa shape index (κ2) is 8.51. The molecule has 168 valence electrons. The van der Waals surface area contributed by atoms with Crippen LogP contribution in [0.25, 0.3) is 0 Å². The van der Waals surface area contributed by atoms with E-state index >= 15 is 0 Å². The van der Waals surface area contributed by atoms with Crippen LogP contribution in [0, 0.1) is 6.92 Å². The van der Waals surface area contributed by atoms with Gasteiger partial charge in [-0.25, -0.2) is 9.59 Å². The number of benzene rings is 2. The van der Waals surface area contributed by atoms with Gasteiger partial charge in [-0.2, -0.15) is 4.98 Å². The summed E-state index contributed by atoms with van der Waals surface area (Å²) in [5.41, 5.74) is 0.767. The molecule has 0 bridgehead atoms. The number of aryl methyl sites for hydroxylation is 1. The number of carbonyl (C=O) groups excluding carboxylic acids is 2. The van der Waals surface area contributed by atoms with Gasteiger partial charge in [0.1, 0.15) is 12.7 Å². The maximum absolute atomic E-state index is 12.8. The zero-order chi connectivity index (χ0) is 22.9. The van der Waals surface area contributed by atoms with Crippen molar-refractivity contribution in [2.45, 2.75) is 31.5 Å². The average Bonchev–Trinajstić information content (AvgIpc) is 3.34. The molecule has 2 aromatic carbocycles. The summed E-state index contributed by atoms with van der Waals surface area (Å²) in [5, 5.41) is 0. The van der Waals surface area contributed by atoms with E-state index in [2.05, 4.69) is 4.98 Å². The molecule has 0 saturated carbocycles. The number of esters is 2. The molecule has 0 spiro atoms. The van der Waals surface area contributed by atoms with E-state index < -0.39 is 42.0 Å². The lowest BCUT2D eigenvalue weighted by atomic mass is 10.1. The van der Waals surface area contributed by atoms with Crippen LogP contribution in [0.3, 0.4) is 0 Å². The standard InChI is InChI=1S/C24H20N2O7/c1-14-12-26-21-19(33-24(26)25-20(14)27)18(32-23(29)16-10-6-3-7-11-16)17(31-21)13-30-22(28)15-8-4-2-5-9-15/h2-12,17-19,21H,13H2,1H3/t17-,18+,19+,21-/m0/s1. The summed E-state index contributed by atoms with van der Waals surface area (Å²) in [5.74, 6) is -1.09. The monoisotopic (exact) mass is 448 g/mol. The first-order valence-corrected chi connectivity index (χ1v) is 10.4. The van der Waals surface area contributed by atoms with Gasteiger partial charge in [0.05, 0.1) is 11.1 Å². The van der Waals surface area contributed by atoms with Crippen LogP contribution < -0.4 is 10.3 Å². The minimum Gasteiger partial charge on any atom is -0.459 e. The zero-order valence-electron chi connectivity index (χ0n) is 17.6. The van der Waals surface area contributed by atoms with Crippen LogP contribution in [-0.2, 0) is 14.2 Å². The zero-order valence-corrected chi connectivity index (χ0v) is 17.6. The Morgan fingerprint density at radius 2 is 1.64 bits per heavy atom. The normalized spacial score (nSPS) is 22.7. The number of aromatic nitrogens is 2. The molecule has 9 heteroatoms. The number of carbonyl (C=O) groups is 2. The summed E-state index contributed by atoms with van der Waals surface area (Å²) in [7, 11) is 0. The van der Waals surface area contributed by atoms with Gasteiger partial charge in [-0.1, -0.05) is 36.4 Å². The predicted octanol–water partition coefficient (Wildman–Crippen LogP) is 2.29. The predicted molar refractivity (Wildman–Crippen MR) is 114 cm³/mol. The molecule has 33 heavy (non-hydrogen) atoms. The fourth-order valence-corrected chi connectivity index (χ4v) is 3.86. The molecule has 5 rings (SSSR count). The van der Waals surface area contributed by atoms with Crippen molar-refractivity contribution in [2.75, 3.05) is 6.61 Å². The molecular weight excluding hydrogens is 428 g/mol. The van der Waals surface area contributed by atoms with Crippen molar-refractivity contribution in [3.05, 3.63) is 93.9 Å². The summed E-state index contributed by atoms with van der Waals surface area (Å²) in [6.07, 6.45) is -1.55. The molecular formula is C24H20N2O7. The third-order valence-electron chi connectivity index (χ3n) is 5.53. The van der Waals surface area contributed by atoms with E-state index in [-0.39, 0.29) is 12.6 Å². The highest BCUT2D eigenvalue weighted by Gasteiger charge is 2.54. The van der Waals surface area contributed by atoms with E-state index in [4.69, 9.17) is 18.9 Å². The molecule has 2 aliphatic heterocycles. The van der Waals surface area contributed by atoms with Crippen LogP contribution in [0.5, 0.6) is 6.01 Å². The van der Waals surface area contributed by atoms with E-state index in [1.54, 1.807) is 78.4 Å². The van der Waals surface area contributed by atoms with Crippen molar-refractivity contribution in [3.63, 3.8) is 0 Å². The molecule has 3 aromatic rings. The maximum atomic E-state index is 12.8. The fourth-order valence-electron chi connectivity index (χ4n) is 3.86. The van der Waals surface area contributed by atoms with Crippen LogP contribution in [0.2, 0.25) is 0 Å². The van der Waals surface area contributed by atoms with Gasteiger partial charge in [0.2, 0.25) is 0 Å². The van der Waals surface area contributed by atoms with Crippen molar-refractivity contribution < 1.29 is 28.5 Å². The smallest absolute Gasteiger partial charge is 0.338 e. The highest BCUT2D eigenvalue weighted by molar-refractivity contribution is 5.90. The maximum Gasteiger partial charge on any atom is 0.338 e. The van der Waals surface area contributed by atoms with Crippen LogP contribution in [0.1, 0.15) is 32.5 Å². The molecule has 1 saturated heterocycles. The van der Waals surface area contributed by atoms with Crippen molar-refractivity contribution in [3.8, 4) is 6.01 Å². The Kier molecular flexibility index (Phi) is 5.39. The summed E-state index contributed by atoms with van der Waals surface area (Å²) < 4.78 is 24.7. The Bertz CT molecular complexity index is 1240. The van der Waals surface area contributed by atoms with Crippen molar-refractivity contribution >= 4 is 11.9 Å². The van der Waals surface area contributed by atoms with Crippen molar-refractivity contribution in [1.29, 1.82) is 0 Å². The van der Waals surface area contributed by atoms with Gasteiger partial charge in [-0.15, -0.1) is 0 Å². The molecule has 1 aromatic heterocycles. The lowest BCUT2D eigenvalue weighted by molar-refractivity contribution is -0.0575. The van der Waals surface area contributed by atoms with Crippen LogP contribution in [0.4, 0.5) is 0 Å². The summed E-state index contributed by atoms with van der Waals surface area (Å²) in [6, 6.07) is 17.1. The molecule has 9 nitrogen and oxygen atoms in total. The Morgan fingerprint density at radius 3 is 2.30 bits per heavy atom. The van der Waals surface area contributed by atoms with Crippen molar-refractivity contribution in [1.82, 2.24) is 9.55 Å². The summed E-state index contributed by atoms with van der Waals surface area (Å²) in [4.78, 5) is 41.0. The first-order chi connectivity index (χ1) is 16.0. The molecule has 0 unspecified atom stereocenters. The highest BCUT2D eigenvalue weighted by atomic mass is 16.7. The minimum atomic E-state index is -0.900. The lowest BCUT2D eigenvalue weighted by Crippen LogP contribution is -2.40. The Labute approximate surface area is 188 Å². The number of fused-ring (bicyclic) bond motifs is 3. The Hall–Kier alpha value is -3.98. The molecule has 0 radical (unpaired) electrons. The fraction of sp³-hybridized carbons (Fsp3) is 0.250. The SMILES string of the molecule is Cc1cn2c(nc1=O)O[C@@H]1[C@H](OC(=O)c3ccccc3)[C@H](COC(=O)c3ccccc3)O[C@@H]12. The third-order valence-corrected chi connectivity index (χ3v) is 5.53. The molecule has 0 amide bonds. The van der Waals surface area contributed by atoms with E-state index in [1.807, 2.05) is 0 Å². The van der Waals surface area contributed by atoms with E-state index in [1.165, 1.54) is 0 Å². The van der Waals surface area contributed by atoms with Gasteiger partial charge in [-0.3, -0.25) is 9.36 Å². The third kappa shape index (κ3) is 3.98. The number of hydrogen-bond donors (Lipinski definition) is 0. The Morgan fingerprint density at radius 1 is 1.00 bits per heavy atom. The summed E-state index contributed by atoms with van der Waals surface area (Å²) >= 11 is 0. The lowest BCUT2D eigenvalue weighted by Gasteiger charge is -2.22. The molecule has 4 atom stereocenters. The van der Waals surface area contributed by atoms with Gasteiger partial charge in [0.25, 0.3) is 5.56 Å². The second-order valence-corrected chi connectivity index (χ2v) is 7.77. The number of hydrogen-bond acceptors (Lipinski definition) is 8. The molecule has 3 heterocycles. The second-order valence-electron chi connectivity index (χ2n) is 7.77. The minimum absolute atomic E-state index is 0.0843. The van der Waals surface area contributed by atoms with Crippen LogP contribution >= 0.6 is 0 Å². The van der Waals surface area contributed by atoms with Gasteiger partial charge in [0.15, 0.2) is 18.4 Å². The van der Waals surface area contributed by atoms with E-state index in [9.17, 15) is 14.4 Å². The number of rotatable bonds is 5. The number of nitrogens with zero attached hydrogens (tertiary/aromatic N) is 2. The van der Waals surface area contributed by atoms with Crippen LogP contribution in [-0.4, -0.2) is 46.4 Å². The van der Waals surface area contributed by atoms with Gasteiger partial charge in [-0.05, 0) is 31.2 Å². The molecule has 0 N–H and O–H groups in total. The van der Waals surface area contributed by atoms with E-state index in [0.717, 1.165) is 0 Å². The largest absolute Gasteiger partial charge is 0.459 e. The van der Waals surface area contributed by atoms with Gasteiger partial charge in [0, 0.05) is 11.8 Å². The van der Waals surface area contributed by atoms with E-state index in [0.29, 0.717) is 16.7 Å². The average molecular weight is 448 g/mol. The van der Waals surface area contributed by atoms with Crippen molar-refractivity contribution in [2.24, 2.45) is 0 Å². The Balaban J connectivity index is 1.38. The first-order valence-electron chi connectivity index (χ1n) is 10.4. The number of ether oxygens (including phenoxy) is 4. The quantitative estimate of drug-likeness (QED) is 0.548.